The Morgan fingerprint density at radius 1 is 1.19 bits per heavy atom. The number of hydrogen-bond acceptors (Lipinski definition) is 3. The fourth-order valence-electron chi connectivity index (χ4n) is 3.25. The highest BCUT2D eigenvalue weighted by Crippen LogP contribution is 2.21. The van der Waals surface area contributed by atoms with Gasteiger partial charge in [0.25, 0.3) is 0 Å². The Bertz CT molecular complexity index is 1060. The molecule has 1 atom stereocenters. The largest absolute Gasteiger partial charge is 0.423 e. The molecular weight excluding hydrogens is 345 g/mol. The van der Waals surface area contributed by atoms with Gasteiger partial charge in [0.1, 0.15) is 11.4 Å². The van der Waals surface area contributed by atoms with E-state index in [0.717, 1.165) is 16.5 Å². The summed E-state index contributed by atoms with van der Waals surface area (Å²) >= 11 is 0. The smallest absolute Gasteiger partial charge is 0.339 e. The van der Waals surface area contributed by atoms with Crippen LogP contribution in [-0.4, -0.2) is 5.91 Å². The molecule has 140 valence electrons. The maximum Gasteiger partial charge on any atom is 0.339 e. The van der Waals surface area contributed by atoms with Crippen LogP contribution < -0.4 is 10.9 Å². The van der Waals surface area contributed by atoms with Crippen molar-refractivity contribution in [1.82, 2.24) is 5.32 Å². The Morgan fingerprint density at radius 3 is 2.67 bits per heavy atom. The number of benzene rings is 2. The van der Waals surface area contributed by atoms with Gasteiger partial charge in [0.05, 0.1) is 6.04 Å². The van der Waals surface area contributed by atoms with Crippen LogP contribution in [0.5, 0.6) is 0 Å². The van der Waals surface area contributed by atoms with Crippen LogP contribution in [0.4, 0.5) is 4.39 Å². The Morgan fingerprint density at radius 2 is 1.93 bits per heavy atom. The third-order valence-electron chi connectivity index (χ3n) is 4.79. The number of halogens is 1. The van der Waals surface area contributed by atoms with Crippen LogP contribution in [0, 0.1) is 19.7 Å². The summed E-state index contributed by atoms with van der Waals surface area (Å²) in [5.74, 6) is -0.597. The van der Waals surface area contributed by atoms with Crippen molar-refractivity contribution >= 4 is 16.9 Å². The second kappa shape index (κ2) is 7.74. The maximum absolute atomic E-state index is 13.8. The molecule has 0 aliphatic rings. The molecular formula is C22H22FNO3. The van der Waals surface area contributed by atoms with E-state index in [-0.39, 0.29) is 24.6 Å². The number of carbonyl (C=O) groups is 1. The minimum absolute atomic E-state index is 0.127. The molecule has 2 aromatic carbocycles. The van der Waals surface area contributed by atoms with Crippen molar-refractivity contribution in [2.24, 2.45) is 0 Å². The van der Waals surface area contributed by atoms with Gasteiger partial charge in [0.2, 0.25) is 5.91 Å². The van der Waals surface area contributed by atoms with Crippen molar-refractivity contribution < 1.29 is 13.6 Å². The van der Waals surface area contributed by atoms with Gasteiger partial charge < -0.3 is 9.73 Å². The lowest BCUT2D eigenvalue weighted by atomic mass is 10.0. The van der Waals surface area contributed by atoms with Gasteiger partial charge in [-0.25, -0.2) is 9.18 Å². The topological polar surface area (TPSA) is 59.3 Å². The Hall–Kier alpha value is -2.95. The standard InChI is InChI=1S/C22H22FNO3/c1-13-8-9-16-14(2)17(22(26)27-20(16)12-13)10-11-21(25)24-15(3)18-6-4-5-7-19(18)23/h4-9,12,15H,10-11H2,1-3H3,(H,24,25). The molecule has 4 nitrogen and oxygen atoms in total. The van der Waals surface area contributed by atoms with E-state index in [4.69, 9.17) is 4.42 Å². The molecule has 1 heterocycles. The molecule has 3 rings (SSSR count). The molecule has 3 aromatic rings. The van der Waals surface area contributed by atoms with E-state index in [1.807, 2.05) is 32.0 Å². The number of rotatable bonds is 5. The highest BCUT2D eigenvalue weighted by molar-refractivity contribution is 5.82. The molecule has 0 radical (unpaired) electrons. The summed E-state index contributed by atoms with van der Waals surface area (Å²) in [7, 11) is 0. The van der Waals surface area contributed by atoms with Gasteiger partial charge in [-0.3, -0.25) is 4.79 Å². The van der Waals surface area contributed by atoms with Gasteiger partial charge in [-0.15, -0.1) is 0 Å². The lowest BCUT2D eigenvalue weighted by Crippen LogP contribution is -2.28. The highest BCUT2D eigenvalue weighted by atomic mass is 19.1. The fraction of sp³-hybridized carbons (Fsp3) is 0.273. The van der Waals surface area contributed by atoms with Crippen LogP contribution in [0.15, 0.2) is 51.7 Å². The van der Waals surface area contributed by atoms with Crippen molar-refractivity contribution in [2.45, 2.75) is 39.7 Å². The van der Waals surface area contributed by atoms with Crippen LogP contribution in [0.1, 0.15) is 41.6 Å². The van der Waals surface area contributed by atoms with E-state index in [9.17, 15) is 14.0 Å². The molecule has 0 saturated heterocycles. The molecule has 1 aromatic heterocycles. The molecule has 5 heteroatoms. The van der Waals surface area contributed by atoms with Gasteiger partial charge in [0.15, 0.2) is 0 Å². The second-order valence-corrected chi connectivity index (χ2v) is 6.80. The minimum Gasteiger partial charge on any atom is -0.423 e. The third-order valence-corrected chi connectivity index (χ3v) is 4.79. The Labute approximate surface area is 157 Å². The van der Waals surface area contributed by atoms with E-state index < -0.39 is 11.7 Å². The average Bonchev–Trinajstić information content (AvgIpc) is 2.61. The van der Waals surface area contributed by atoms with Gasteiger partial charge in [0, 0.05) is 22.9 Å². The van der Waals surface area contributed by atoms with Crippen LogP contribution in [-0.2, 0) is 11.2 Å². The first-order valence-corrected chi connectivity index (χ1v) is 8.93. The molecule has 0 bridgehead atoms. The van der Waals surface area contributed by atoms with Gasteiger partial charge in [-0.05, 0) is 50.5 Å². The molecule has 0 aliphatic carbocycles. The first-order valence-electron chi connectivity index (χ1n) is 8.93. The van der Waals surface area contributed by atoms with E-state index in [1.165, 1.54) is 6.07 Å². The summed E-state index contributed by atoms with van der Waals surface area (Å²) in [4.78, 5) is 24.6. The molecule has 1 amide bonds. The second-order valence-electron chi connectivity index (χ2n) is 6.80. The van der Waals surface area contributed by atoms with Crippen molar-refractivity contribution in [2.75, 3.05) is 0 Å². The molecule has 27 heavy (non-hydrogen) atoms. The Balaban J connectivity index is 1.73. The summed E-state index contributed by atoms with van der Waals surface area (Å²) in [6.45, 7) is 5.53. The molecule has 0 spiro atoms. The summed E-state index contributed by atoms with van der Waals surface area (Å²) in [5, 5.41) is 3.65. The zero-order chi connectivity index (χ0) is 19.6. The van der Waals surface area contributed by atoms with Crippen molar-refractivity contribution in [3.63, 3.8) is 0 Å². The third kappa shape index (κ3) is 4.08. The molecule has 1 N–H and O–H groups in total. The van der Waals surface area contributed by atoms with Crippen molar-refractivity contribution in [3.05, 3.63) is 81.0 Å². The highest BCUT2D eigenvalue weighted by Gasteiger charge is 2.16. The maximum atomic E-state index is 13.8. The van der Waals surface area contributed by atoms with Crippen LogP contribution in [0.3, 0.4) is 0 Å². The van der Waals surface area contributed by atoms with Gasteiger partial charge in [-0.1, -0.05) is 30.3 Å². The zero-order valence-electron chi connectivity index (χ0n) is 15.6. The quantitative estimate of drug-likeness (QED) is 0.682. The fourth-order valence-corrected chi connectivity index (χ4v) is 3.25. The van der Waals surface area contributed by atoms with Gasteiger partial charge >= 0.3 is 5.63 Å². The first kappa shape index (κ1) is 18.8. The van der Waals surface area contributed by atoms with Crippen molar-refractivity contribution in [1.29, 1.82) is 0 Å². The SMILES string of the molecule is Cc1ccc2c(C)c(CCC(=O)NC(C)c3ccccc3F)c(=O)oc2c1. The number of aryl methyl sites for hydroxylation is 2. The first-order chi connectivity index (χ1) is 12.9. The summed E-state index contributed by atoms with van der Waals surface area (Å²) in [5.41, 5.74) is 2.91. The Kier molecular flexibility index (Phi) is 5.40. The number of carbonyl (C=O) groups excluding carboxylic acids is 1. The van der Waals surface area contributed by atoms with Crippen LogP contribution in [0.2, 0.25) is 0 Å². The monoisotopic (exact) mass is 367 g/mol. The summed E-state index contributed by atoms with van der Waals surface area (Å²) in [6.07, 6.45) is 0.398. The van der Waals surface area contributed by atoms with Crippen molar-refractivity contribution in [3.8, 4) is 0 Å². The summed E-state index contributed by atoms with van der Waals surface area (Å²) in [6, 6.07) is 11.6. The summed E-state index contributed by atoms with van der Waals surface area (Å²) < 4.78 is 19.2. The lowest BCUT2D eigenvalue weighted by Gasteiger charge is -2.15. The van der Waals surface area contributed by atoms with E-state index in [1.54, 1.807) is 25.1 Å². The lowest BCUT2D eigenvalue weighted by molar-refractivity contribution is -0.121. The number of nitrogens with one attached hydrogen (secondary N) is 1. The van der Waals surface area contributed by atoms with Crippen LogP contribution >= 0.6 is 0 Å². The normalized spacial score (nSPS) is 12.1. The van der Waals surface area contributed by atoms with Crippen LogP contribution in [0.25, 0.3) is 11.0 Å². The van der Waals surface area contributed by atoms with E-state index >= 15 is 0 Å². The predicted octanol–water partition coefficient (Wildman–Crippen LogP) is 4.36. The van der Waals surface area contributed by atoms with E-state index in [2.05, 4.69) is 5.32 Å². The molecule has 0 aliphatic heterocycles. The molecule has 1 unspecified atom stereocenters. The number of fused-ring (bicyclic) bond motifs is 1. The number of hydrogen-bond donors (Lipinski definition) is 1. The zero-order valence-corrected chi connectivity index (χ0v) is 15.6. The average molecular weight is 367 g/mol. The van der Waals surface area contributed by atoms with E-state index in [0.29, 0.717) is 16.7 Å². The number of amides is 1. The molecule has 0 fully saturated rings. The van der Waals surface area contributed by atoms with Gasteiger partial charge in [-0.2, -0.15) is 0 Å². The minimum atomic E-state index is -0.448. The molecule has 0 saturated carbocycles. The predicted molar refractivity (Wildman–Crippen MR) is 103 cm³/mol.